The lowest BCUT2D eigenvalue weighted by Gasteiger charge is -2.09. The average molecular weight is 406 g/mol. The largest absolute Gasteiger partial charge is 0.490 e. The molecule has 0 saturated heterocycles. The topological polar surface area (TPSA) is 75.0 Å². The molecule has 154 valence electrons. The average Bonchev–Trinajstić information content (AvgIpc) is 2.98. The van der Waals surface area contributed by atoms with Crippen molar-refractivity contribution in [1.82, 2.24) is 0 Å². The summed E-state index contributed by atoms with van der Waals surface area (Å²) in [6.07, 6.45) is 3.84. The molecule has 4 rings (SSSR count). The van der Waals surface area contributed by atoms with E-state index >= 15 is 0 Å². The predicted molar refractivity (Wildman–Crippen MR) is 113 cm³/mol. The third kappa shape index (κ3) is 4.22. The maximum absolute atomic E-state index is 12.2. The summed E-state index contributed by atoms with van der Waals surface area (Å²) in [5.41, 5.74) is 3.39. The molecule has 0 fully saturated rings. The maximum Gasteiger partial charge on any atom is 0.336 e. The molecule has 6 heteroatoms. The number of fused-ring (bicyclic) bond motifs is 2. The van der Waals surface area contributed by atoms with E-state index in [-0.39, 0.29) is 6.61 Å². The molecular weight excluding hydrogens is 384 g/mol. The molecule has 0 atom stereocenters. The zero-order chi connectivity index (χ0) is 21.1. The van der Waals surface area contributed by atoms with E-state index in [1.807, 2.05) is 44.2 Å². The Labute approximate surface area is 173 Å². The SMILES string of the molecule is Cc1ccc2c(COC(=O)/C=C/c3ccc4c(c3)OCCCO4)cc(=O)oc2c1C. The van der Waals surface area contributed by atoms with Crippen molar-refractivity contribution in [2.75, 3.05) is 13.2 Å². The molecule has 0 radical (unpaired) electrons. The third-order valence-corrected chi connectivity index (χ3v) is 5.07. The highest BCUT2D eigenvalue weighted by Gasteiger charge is 2.12. The number of rotatable bonds is 4. The fourth-order valence-corrected chi connectivity index (χ4v) is 3.29. The number of hydrogen-bond acceptors (Lipinski definition) is 6. The molecule has 1 aromatic heterocycles. The Morgan fingerprint density at radius 3 is 2.70 bits per heavy atom. The Kier molecular flexibility index (Phi) is 5.57. The molecular formula is C24H22O6. The number of carbonyl (C=O) groups excluding carboxylic acids is 1. The molecule has 1 aliphatic heterocycles. The Morgan fingerprint density at radius 1 is 1.07 bits per heavy atom. The fourth-order valence-electron chi connectivity index (χ4n) is 3.29. The number of esters is 1. The van der Waals surface area contributed by atoms with Crippen LogP contribution in [-0.2, 0) is 16.1 Å². The van der Waals surface area contributed by atoms with Crippen LogP contribution in [0, 0.1) is 13.8 Å². The predicted octanol–water partition coefficient (Wildman–Crippen LogP) is 4.33. The van der Waals surface area contributed by atoms with Gasteiger partial charge in [-0.1, -0.05) is 18.2 Å². The lowest BCUT2D eigenvalue weighted by Crippen LogP contribution is -2.06. The molecule has 2 aromatic carbocycles. The molecule has 30 heavy (non-hydrogen) atoms. The zero-order valence-electron chi connectivity index (χ0n) is 16.9. The summed E-state index contributed by atoms with van der Waals surface area (Å²) in [4.78, 5) is 24.1. The molecule has 0 saturated carbocycles. The minimum Gasteiger partial charge on any atom is -0.490 e. The van der Waals surface area contributed by atoms with E-state index < -0.39 is 11.6 Å². The van der Waals surface area contributed by atoms with Gasteiger partial charge in [-0.05, 0) is 48.7 Å². The first kappa shape index (κ1) is 19.8. The van der Waals surface area contributed by atoms with Crippen molar-refractivity contribution < 1.29 is 23.4 Å². The van der Waals surface area contributed by atoms with Crippen molar-refractivity contribution in [3.05, 3.63) is 75.1 Å². The highest BCUT2D eigenvalue weighted by Crippen LogP contribution is 2.30. The molecule has 6 nitrogen and oxygen atoms in total. The van der Waals surface area contributed by atoms with Gasteiger partial charge in [-0.25, -0.2) is 9.59 Å². The van der Waals surface area contributed by atoms with Gasteiger partial charge in [-0.3, -0.25) is 0 Å². The molecule has 0 bridgehead atoms. The monoisotopic (exact) mass is 406 g/mol. The van der Waals surface area contributed by atoms with E-state index in [0.29, 0.717) is 35.9 Å². The van der Waals surface area contributed by atoms with Gasteiger partial charge in [0.15, 0.2) is 11.5 Å². The lowest BCUT2D eigenvalue weighted by molar-refractivity contribution is -0.138. The normalized spacial score (nSPS) is 13.4. The van der Waals surface area contributed by atoms with Crippen LogP contribution in [-0.4, -0.2) is 19.2 Å². The Bertz CT molecular complexity index is 1190. The van der Waals surface area contributed by atoms with Crippen LogP contribution in [0.2, 0.25) is 0 Å². The van der Waals surface area contributed by atoms with Crippen LogP contribution in [0.15, 0.2) is 51.7 Å². The summed E-state index contributed by atoms with van der Waals surface area (Å²) in [6.45, 7) is 5.05. The second-order valence-corrected chi connectivity index (χ2v) is 7.17. The van der Waals surface area contributed by atoms with Gasteiger partial charge in [0, 0.05) is 29.5 Å². The maximum atomic E-state index is 12.2. The standard InChI is InChI=1S/C24H22O6/c1-15-4-7-19-18(13-23(26)30-24(19)16(15)2)14-29-22(25)9-6-17-5-8-20-21(12-17)28-11-3-10-27-20/h4-9,12-13H,3,10-11,14H2,1-2H3/b9-6+. The summed E-state index contributed by atoms with van der Waals surface area (Å²) < 4.78 is 22.0. The van der Waals surface area contributed by atoms with Crippen molar-refractivity contribution in [3.63, 3.8) is 0 Å². The zero-order valence-corrected chi connectivity index (χ0v) is 16.9. The molecule has 0 spiro atoms. The van der Waals surface area contributed by atoms with E-state index in [1.54, 1.807) is 6.08 Å². The van der Waals surface area contributed by atoms with Crippen LogP contribution in [0.5, 0.6) is 11.5 Å². The first-order chi connectivity index (χ1) is 14.5. The fraction of sp³-hybridized carbons (Fsp3) is 0.250. The molecule has 1 aliphatic rings. The number of hydrogen-bond donors (Lipinski definition) is 0. The van der Waals surface area contributed by atoms with Crippen molar-refractivity contribution in [3.8, 4) is 11.5 Å². The number of aryl methyl sites for hydroxylation is 2. The lowest BCUT2D eigenvalue weighted by atomic mass is 10.0. The van der Waals surface area contributed by atoms with E-state index in [0.717, 1.165) is 28.5 Å². The summed E-state index contributed by atoms with van der Waals surface area (Å²) >= 11 is 0. The van der Waals surface area contributed by atoms with Crippen LogP contribution < -0.4 is 15.1 Å². The van der Waals surface area contributed by atoms with E-state index in [9.17, 15) is 9.59 Å². The van der Waals surface area contributed by atoms with Crippen molar-refractivity contribution in [2.24, 2.45) is 0 Å². The van der Waals surface area contributed by atoms with Crippen molar-refractivity contribution in [2.45, 2.75) is 26.9 Å². The van der Waals surface area contributed by atoms with Gasteiger partial charge < -0.3 is 18.6 Å². The highest BCUT2D eigenvalue weighted by atomic mass is 16.5. The van der Waals surface area contributed by atoms with Crippen molar-refractivity contribution >= 4 is 23.0 Å². The van der Waals surface area contributed by atoms with Crippen LogP contribution in [0.4, 0.5) is 0 Å². The molecule has 0 N–H and O–H groups in total. The second kappa shape index (κ2) is 8.45. The molecule has 3 aromatic rings. The first-order valence-corrected chi connectivity index (χ1v) is 9.79. The molecule has 0 amide bonds. The van der Waals surface area contributed by atoms with E-state index in [4.69, 9.17) is 18.6 Å². The van der Waals surface area contributed by atoms with E-state index in [1.165, 1.54) is 12.1 Å². The van der Waals surface area contributed by atoms with Crippen LogP contribution in [0.1, 0.15) is 28.7 Å². The summed E-state index contributed by atoms with van der Waals surface area (Å²) in [7, 11) is 0. The summed E-state index contributed by atoms with van der Waals surface area (Å²) in [6, 6.07) is 10.7. The highest BCUT2D eigenvalue weighted by molar-refractivity contribution is 5.88. The van der Waals surface area contributed by atoms with Gasteiger partial charge >= 0.3 is 11.6 Å². The molecule has 2 heterocycles. The van der Waals surface area contributed by atoms with Gasteiger partial charge in [0.05, 0.1) is 13.2 Å². The van der Waals surface area contributed by atoms with Gasteiger partial charge in [0.1, 0.15) is 12.2 Å². The quantitative estimate of drug-likeness (QED) is 0.365. The smallest absolute Gasteiger partial charge is 0.336 e. The molecule has 0 unspecified atom stereocenters. The van der Waals surface area contributed by atoms with Gasteiger partial charge in [0.2, 0.25) is 0 Å². The Balaban J connectivity index is 1.47. The van der Waals surface area contributed by atoms with Gasteiger partial charge in [-0.15, -0.1) is 0 Å². The number of carbonyl (C=O) groups is 1. The Morgan fingerprint density at radius 2 is 1.87 bits per heavy atom. The van der Waals surface area contributed by atoms with Crippen molar-refractivity contribution in [1.29, 1.82) is 0 Å². The van der Waals surface area contributed by atoms with Gasteiger partial charge in [-0.2, -0.15) is 0 Å². The van der Waals surface area contributed by atoms with Crippen LogP contribution >= 0.6 is 0 Å². The van der Waals surface area contributed by atoms with E-state index in [2.05, 4.69) is 0 Å². The Hall–Kier alpha value is -3.54. The van der Waals surface area contributed by atoms with Crippen LogP contribution in [0.25, 0.3) is 17.0 Å². The van der Waals surface area contributed by atoms with Crippen LogP contribution in [0.3, 0.4) is 0 Å². The first-order valence-electron chi connectivity index (χ1n) is 9.79. The molecule has 0 aliphatic carbocycles. The number of ether oxygens (including phenoxy) is 3. The minimum absolute atomic E-state index is 0.0189. The third-order valence-electron chi connectivity index (χ3n) is 5.07. The summed E-state index contributed by atoms with van der Waals surface area (Å²) in [5, 5.41) is 0.761. The summed E-state index contributed by atoms with van der Waals surface area (Å²) in [5.74, 6) is 0.857. The number of benzene rings is 2. The van der Waals surface area contributed by atoms with Gasteiger partial charge in [0.25, 0.3) is 0 Å². The minimum atomic E-state index is -0.507. The second-order valence-electron chi connectivity index (χ2n) is 7.17.